The lowest BCUT2D eigenvalue weighted by molar-refractivity contribution is -0.384. The van der Waals surface area contributed by atoms with Crippen LogP contribution in [0.15, 0.2) is 78.4 Å². The van der Waals surface area contributed by atoms with Crippen molar-refractivity contribution in [3.63, 3.8) is 0 Å². The van der Waals surface area contributed by atoms with Crippen molar-refractivity contribution in [1.82, 2.24) is 0 Å². The third kappa shape index (κ3) is 6.16. The van der Waals surface area contributed by atoms with Gasteiger partial charge >= 0.3 is 0 Å². The molecule has 0 atom stereocenters. The number of nitrogens with one attached hydrogen (secondary N) is 1. The number of amides is 1. The Labute approximate surface area is 183 Å². The van der Waals surface area contributed by atoms with E-state index < -0.39 is 10.8 Å². The van der Waals surface area contributed by atoms with Crippen molar-refractivity contribution in [1.29, 1.82) is 5.26 Å². The first-order valence-electron chi connectivity index (χ1n) is 9.09. The maximum absolute atomic E-state index is 12.4. The van der Waals surface area contributed by atoms with Crippen LogP contribution < -0.4 is 10.1 Å². The minimum atomic E-state index is -0.621. The number of hydrogen-bond donors (Lipinski definition) is 1. The molecule has 0 aliphatic rings. The van der Waals surface area contributed by atoms with Crippen LogP contribution in [0.1, 0.15) is 11.1 Å². The first-order valence-corrected chi connectivity index (χ1v) is 9.47. The Bertz CT molecular complexity index is 1170. The van der Waals surface area contributed by atoms with Crippen LogP contribution in [0.2, 0.25) is 5.02 Å². The van der Waals surface area contributed by atoms with E-state index in [0.29, 0.717) is 28.6 Å². The second kappa shape index (κ2) is 10.1. The summed E-state index contributed by atoms with van der Waals surface area (Å²) in [7, 11) is 0. The third-order valence-electron chi connectivity index (χ3n) is 4.19. The van der Waals surface area contributed by atoms with Crippen molar-refractivity contribution in [2.45, 2.75) is 6.61 Å². The number of carbonyl (C=O) groups is 1. The number of carbonyl (C=O) groups excluding carboxylic acids is 1. The number of non-ortho nitro benzene ring substituents is 1. The number of halogens is 1. The van der Waals surface area contributed by atoms with Crippen LogP contribution in [0.3, 0.4) is 0 Å². The summed E-state index contributed by atoms with van der Waals surface area (Å²) in [4.78, 5) is 22.6. The monoisotopic (exact) mass is 433 g/mol. The molecule has 7 nitrogen and oxygen atoms in total. The summed E-state index contributed by atoms with van der Waals surface area (Å²) >= 11 is 5.87. The molecule has 1 N–H and O–H groups in total. The number of rotatable bonds is 7. The van der Waals surface area contributed by atoms with Crippen molar-refractivity contribution in [3.05, 3.63) is 105 Å². The van der Waals surface area contributed by atoms with Gasteiger partial charge < -0.3 is 10.1 Å². The van der Waals surface area contributed by atoms with E-state index in [1.54, 1.807) is 36.4 Å². The highest BCUT2D eigenvalue weighted by molar-refractivity contribution is 6.30. The zero-order valence-electron chi connectivity index (χ0n) is 16.1. The number of nitro groups is 1. The maximum atomic E-state index is 12.4. The molecule has 3 aromatic rings. The second-order valence-corrected chi connectivity index (χ2v) is 6.85. The summed E-state index contributed by atoms with van der Waals surface area (Å²) in [6.45, 7) is 0.343. The molecule has 0 bridgehead atoms. The van der Waals surface area contributed by atoms with Crippen molar-refractivity contribution in [3.8, 4) is 11.8 Å². The predicted molar refractivity (Wildman–Crippen MR) is 118 cm³/mol. The normalized spacial score (nSPS) is 10.8. The van der Waals surface area contributed by atoms with E-state index in [1.165, 1.54) is 30.3 Å². The van der Waals surface area contributed by atoms with Gasteiger partial charge in [-0.2, -0.15) is 5.26 Å². The Morgan fingerprint density at radius 3 is 2.48 bits per heavy atom. The second-order valence-electron chi connectivity index (χ2n) is 6.42. The van der Waals surface area contributed by atoms with Crippen LogP contribution in [0, 0.1) is 21.4 Å². The van der Waals surface area contributed by atoms with Crippen LogP contribution >= 0.6 is 11.6 Å². The number of benzene rings is 3. The summed E-state index contributed by atoms with van der Waals surface area (Å²) in [6.07, 6.45) is 1.44. The lowest BCUT2D eigenvalue weighted by atomic mass is 10.1. The highest BCUT2D eigenvalue weighted by Crippen LogP contribution is 2.20. The Hall–Kier alpha value is -4.15. The van der Waals surface area contributed by atoms with Crippen molar-refractivity contribution in [2.24, 2.45) is 0 Å². The van der Waals surface area contributed by atoms with Crippen molar-refractivity contribution in [2.75, 3.05) is 5.32 Å². The summed E-state index contributed by atoms with van der Waals surface area (Å²) in [5, 5.41) is 23.3. The molecule has 0 saturated heterocycles. The molecule has 0 spiro atoms. The molecule has 0 fully saturated rings. The Morgan fingerprint density at radius 2 is 1.84 bits per heavy atom. The van der Waals surface area contributed by atoms with Crippen molar-refractivity contribution >= 4 is 35.0 Å². The van der Waals surface area contributed by atoms with Gasteiger partial charge in [-0.15, -0.1) is 0 Å². The van der Waals surface area contributed by atoms with Gasteiger partial charge in [0.15, 0.2) is 0 Å². The van der Waals surface area contributed by atoms with E-state index in [-0.39, 0.29) is 11.3 Å². The van der Waals surface area contributed by atoms with Gasteiger partial charge in [-0.1, -0.05) is 35.9 Å². The standard InChI is InChI=1S/C23H16ClN3O4/c24-19-6-4-16(5-7-19)15-31-22-3-1-2-17(13-22)12-18(14-25)23(28)26-20-8-10-21(11-9-20)27(29)30/h1-13H,15H2,(H,26,28)/b18-12+. The van der Waals surface area contributed by atoms with Gasteiger partial charge in [0, 0.05) is 22.8 Å². The molecule has 31 heavy (non-hydrogen) atoms. The Balaban J connectivity index is 1.68. The lowest BCUT2D eigenvalue weighted by Gasteiger charge is -2.08. The van der Waals surface area contributed by atoms with E-state index in [0.717, 1.165) is 5.56 Å². The quantitative estimate of drug-likeness (QED) is 0.233. The van der Waals surface area contributed by atoms with Crippen LogP contribution in [-0.2, 0) is 11.4 Å². The first kappa shape index (κ1) is 21.6. The largest absolute Gasteiger partial charge is 0.489 e. The molecule has 3 rings (SSSR count). The summed E-state index contributed by atoms with van der Waals surface area (Å²) in [6, 6.07) is 21.5. The molecule has 0 unspecified atom stereocenters. The van der Waals surface area contributed by atoms with Crippen molar-refractivity contribution < 1.29 is 14.5 Å². The molecule has 0 aromatic heterocycles. The van der Waals surface area contributed by atoms with Gasteiger partial charge in [-0.3, -0.25) is 14.9 Å². The van der Waals surface area contributed by atoms with E-state index >= 15 is 0 Å². The molecule has 0 radical (unpaired) electrons. The average molecular weight is 434 g/mol. The molecule has 0 aliphatic heterocycles. The first-order chi connectivity index (χ1) is 14.9. The highest BCUT2D eigenvalue weighted by Gasteiger charge is 2.11. The number of nitriles is 1. The number of hydrogen-bond acceptors (Lipinski definition) is 5. The number of anilines is 1. The van der Waals surface area contributed by atoms with Gasteiger partial charge in [0.25, 0.3) is 11.6 Å². The molecule has 0 heterocycles. The molecule has 3 aromatic carbocycles. The van der Waals surface area contributed by atoms with Gasteiger partial charge in [-0.25, -0.2) is 0 Å². The number of nitro benzene ring substituents is 1. The third-order valence-corrected chi connectivity index (χ3v) is 4.44. The summed E-state index contributed by atoms with van der Waals surface area (Å²) in [5.74, 6) is -0.0411. The minimum absolute atomic E-state index is 0.0931. The van der Waals surface area contributed by atoms with Gasteiger partial charge in [0.05, 0.1) is 4.92 Å². The van der Waals surface area contributed by atoms with E-state index in [2.05, 4.69) is 5.32 Å². The topological polar surface area (TPSA) is 105 Å². The van der Waals surface area contributed by atoms with Crippen LogP contribution in [0.4, 0.5) is 11.4 Å². The summed E-state index contributed by atoms with van der Waals surface area (Å²) in [5.41, 5.74) is 1.70. The number of ether oxygens (including phenoxy) is 1. The average Bonchev–Trinajstić information content (AvgIpc) is 2.77. The van der Waals surface area contributed by atoms with Gasteiger partial charge in [0.2, 0.25) is 0 Å². The van der Waals surface area contributed by atoms with Crippen LogP contribution in [0.25, 0.3) is 6.08 Å². The lowest BCUT2D eigenvalue weighted by Crippen LogP contribution is -2.13. The molecule has 0 saturated carbocycles. The minimum Gasteiger partial charge on any atom is -0.489 e. The fraction of sp³-hybridized carbons (Fsp3) is 0.0435. The van der Waals surface area contributed by atoms with Crippen LogP contribution in [0.5, 0.6) is 5.75 Å². The Morgan fingerprint density at radius 1 is 1.13 bits per heavy atom. The maximum Gasteiger partial charge on any atom is 0.269 e. The highest BCUT2D eigenvalue weighted by atomic mass is 35.5. The zero-order chi connectivity index (χ0) is 22.2. The predicted octanol–water partition coefficient (Wildman–Crippen LogP) is 5.37. The Kier molecular flexibility index (Phi) is 6.99. The van der Waals surface area contributed by atoms with Gasteiger partial charge in [0.1, 0.15) is 24.0 Å². The van der Waals surface area contributed by atoms with E-state index in [4.69, 9.17) is 16.3 Å². The van der Waals surface area contributed by atoms with Crippen LogP contribution in [-0.4, -0.2) is 10.8 Å². The van der Waals surface area contributed by atoms with E-state index in [1.807, 2.05) is 18.2 Å². The fourth-order valence-corrected chi connectivity index (χ4v) is 2.75. The van der Waals surface area contributed by atoms with E-state index in [9.17, 15) is 20.2 Å². The molecular formula is C23H16ClN3O4. The van der Waals surface area contributed by atoms with Gasteiger partial charge in [-0.05, 0) is 53.6 Å². The fourth-order valence-electron chi connectivity index (χ4n) is 2.62. The molecule has 1 amide bonds. The molecule has 154 valence electrons. The zero-order valence-corrected chi connectivity index (χ0v) is 16.9. The number of nitrogens with zero attached hydrogens (tertiary/aromatic N) is 2. The molecule has 0 aliphatic carbocycles. The molecular weight excluding hydrogens is 418 g/mol. The summed E-state index contributed by atoms with van der Waals surface area (Å²) < 4.78 is 5.76. The SMILES string of the molecule is N#C/C(=C\c1cccc(OCc2ccc(Cl)cc2)c1)C(=O)Nc1ccc([N+](=O)[O-])cc1. The molecule has 8 heteroatoms. The smallest absolute Gasteiger partial charge is 0.269 e.